The lowest BCUT2D eigenvalue weighted by atomic mass is 10.3. The summed E-state index contributed by atoms with van der Waals surface area (Å²) in [6.45, 7) is 0. The van der Waals surface area contributed by atoms with Crippen molar-refractivity contribution in [2.24, 2.45) is 0 Å². The van der Waals surface area contributed by atoms with E-state index in [2.05, 4.69) is 0 Å². The standard InChI is InChI=1S/C16H17O6PS/c17-23(20-14-7-3-1-4-8-14,21-15-9-5-2-6-10-15)22-16-11-12-24(18,19)13-16/h1-10,16H,11-13H2/t16-/m1/s1. The van der Waals surface area contributed by atoms with E-state index < -0.39 is 23.8 Å². The van der Waals surface area contributed by atoms with Gasteiger partial charge in [0, 0.05) is 0 Å². The van der Waals surface area contributed by atoms with Crippen LogP contribution in [-0.2, 0) is 18.9 Å². The van der Waals surface area contributed by atoms with Gasteiger partial charge in [-0.25, -0.2) is 13.0 Å². The zero-order valence-electron chi connectivity index (χ0n) is 12.8. The Labute approximate surface area is 140 Å². The van der Waals surface area contributed by atoms with Crippen molar-refractivity contribution >= 4 is 17.7 Å². The fourth-order valence-corrected chi connectivity index (χ4v) is 5.43. The van der Waals surface area contributed by atoms with E-state index in [9.17, 15) is 13.0 Å². The molecule has 128 valence electrons. The molecule has 0 spiro atoms. The van der Waals surface area contributed by atoms with Crippen LogP contribution in [0.2, 0.25) is 0 Å². The highest BCUT2D eigenvalue weighted by Crippen LogP contribution is 2.51. The van der Waals surface area contributed by atoms with Crippen LogP contribution in [0.5, 0.6) is 11.5 Å². The van der Waals surface area contributed by atoms with Crippen LogP contribution in [0.3, 0.4) is 0 Å². The minimum atomic E-state index is -4.03. The predicted molar refractivity (Wildman–Crippen MR) is 89.9 cm³/mol. The van der Waals surface area contributed by atoms with Gasteiger partial charge in [-0.2, -0.15) is 0 Å². The molecule has 0 saturated carbocycles. The summed E-state index contributed by atoms with van der Waals surface area (Å²) in [5, 5.41) is 0. The Morgan fingerprint density at radius 1 is 0.875 bits per heavy atom. The fraction of sp³-hybridized carbons (Fsp3) is 0.250. The number of para-hydroxylation sites is 2. The van der Waals surface area contributed by atoms with Crippen LogP contribution in [0.1, 0.15) is 6.42 Å². The third-order valence-electron chi connectivity index (χ3n) is 3.39. The second-order valence-electron chi connectivity index (χ2n) is 5.39. The molecule has 1 aliphatic heterocycles. The van der Waals surface area contributed by atoms with Crippen LogP contribution in [0.4, 0.5) is 0 Å². The predicted octanol–water partition coefficient (Wildman–Crippen LogP) is 3.46. The van der Waals surface area contributed by atoms with Crippen molar-refractivity contribution < 1.29 is 26.6 Å². The van der Waals surface area contributed by atoms with Crippen molar-refractivity contribution in [1.29, 1.82) is 0 Å². The molecule has 2 aromatic rings. The van der Waals surface area contributed by atoms with Crippen molar-refractivity contribution in [3.63, 3.8) is 0 Å². The van der Waals surface area contributed by atoms with E-state index in [4.69, 9.17) is 13.6 Å². The second kappa shape index (κ2) is 6.97. The van der Waals surface area contributed by atoms with Crippen molar-refractivity contribution in [1.82, 2.24) is 0 Å². The number of sulfone groups is 1. The molecule has 1 atom stereocenters. The maximum atomic E-state index is 13.1. The number of benzene rings is 2. The first-order valence-corrected chi connectivity index (χ1v) is 10.7. The van der Waals surface area contributed by atoms with Crippen LogP contribution in [0, 0.1) is 0 Å². The molecular formula is C16H17O6PS. The summed E-state index contributed by atoms with van der Waals surface area (Å²) < 4.78 is 52.6. The highest BCUT2D eigenvalue weighted by molar-refractivity contribution is 7.91. The highest BCUT2D eigenvalue weighted by Gasteiger charge is 2.39. The smallest absolute Gasteiger partial charge is 0.395 e. The van der Waals surface area contributed by atoms with Gasteiger partial charge in [0.05, 0.1) is 17.6 Å². The summed E-state index contributed by atoms with van der Waals surface area (Å²) >= 11 is 0. The molecule has 1 heterocycles. The molecule has 8 heteroatoms. The molecule has 0 amide bonds. The first-order chi connectivity index (χ1) is 11.4. The third-order valence-corrected chi connectivity index (χ3v) is 6.55. The van der Waals surface area contributed by atoms with Crippen molar-refractivity contribution in [2.75, 3.05) is 11.5 Å². The molecule has 1 aliphatic rings. The highest BCUT2D eigenvalue weighted by atomic mass is 32.2. The van der Waals surface area contributed by atoms with Gasteiger partial charge in [-0.1, -0.05) is 36.4 Å². The van der Waals surface area contributed by atoms with Gasteiger partial charge in [-0.3, -0.25) is 4.52 Å². The molecular weight excluding hydrogens is 351 g/mol. The molecule has 0 bridgehead atoms. The summed E-state index contributed by atoms with van der Waals surface area (Å²) in [6, 6.07) is 17.0. The first kappa shape index (κ1) is 17.0. The van der Waals surface area contributed by atoms with Crippen molar-refractivity contribution in [2.45, 2.75) is 12.5 Å². The normalized spacial score (nSPS) is 19.8. The minimum Gasteiger partial charge on any atom is -0.395 e. The van der Waals surface area contributed by atoms with Crippen molar-refractivity contribution in [3.8, 4) is 11.5 Å². The minimum absolute atomic E-state index is 0.00827. The van der Waals surface area contributed by atoms with Crippen molar-refractivity contribution in [3.05, 3.63) is 60.7 Å². The molecule has 6 nitrogen and oxygen atoms in total. The Morgan fingerprint density at radius 3 is 1.79 bits per heavy atom. The zero-order valence-corrected chi connectivity index (χ0v) is 14.5. The molecule has 1 saturated heterocycles. The van der Waals surface area contributed by atoms with Crippen LogP contribution < -0.4 is 9.05 Å². The quantitative estimate of drug-likeness (QED) is 0.727. The van der Waals surface area contributed by atoms with Gasteiger partial charge in [0.15, 0.2) is 9.84 Å². The van der Waals surface area contributed by atoms with Gasteiger partial charge in [0.1, 0.15) is 11.5 Å². The summed E-state index contributed by atoms with van der Waals surface area (Å²) in [5.41, 5.74) is 0. The van der Waals surface area contributed by atoms with Gasteiger partial charge in [0.25, 0.3) is 0 Å². The fourth-order valence-electron chi connectivity index (χ4n) is 2.31. The lowest BCUT2D eigenvalue weighted by Crippen LogP contribution is -2.17. The van der Waals surface area contributed by atoms with E-state index in [0.29, 0.717) is 11.5 Å². The number of hydrogen-bond donors (Lipinski definition) is 0. The lowest BCUT2D eigenvalue weighted by Gasteiger charge is -2.21. The Kier molecular flexibility index (Phi) is 4.94. The summed E-state index contributed by atoms with van der Waals surface area (Å²) in [5.74, 6) is 0.456. The average Bonchev–Trinajstić information content (AvgIpc) is 2.87. The van der Waals surface area contributed by atoms with E-state index in [1.807, 2.05) is 0 Å². The van der Waals surface area contributed by atoms with Crippen LogP contribution in [0.25, 0.3) is 0 Å². The molecule has 24 heavy (non-hydrogen) atoms. The van der Waals surface area contributed by atoms with E-state index in [1.54, 1.807) is 60.7 Å². The summed E-state index contributed by atoms with van der Waals surface area (Å²) in [6.07, 6.45) is -0.448. The number of phosphoric ester groups is 1. The molecule has 0 N–H and O–H groups in total. The maximum Gasteiger partial charge on any atom is 0.587 e. The summed E-state index contributed by atoms with van der Waals surface area (Å²) in [4.78, 5) is 0. The van der Waals surface area contributed by atoms with E-state index >= 15 is 0 Å². The lowest BCUT2D eigenvalue weighted by molar-refractivity contribution is 0.159. The van der Waals surface area contributed by atoms with Gasteiger partial charge >= 0.3 is 7.82 Å². The molecule has 0 unspecified atom stereocenters. The Hall–Kier alpha value is -1.82. The number of hydrogen-bond acceptors (Lipinski definition) is 6. The van der Waals surface area contributed by atoms with E-state index in [1.165, 1.54) is 0 Å². The third kappa shape index (κ3) is 4.60. The average molecular weight is 368 g/mol. The molecule has 0 aromatic heterocycles. The van der Waals surface area contributed by atoms with Crippen LogP contribution >= 0.6 is 7.82 Å². The van der Waals surface area contributed by atoms with Gasteiger partial charge in [-0.05, 0) is 30.7 Å². The van der Waals surface area contributed by atoms with Crippen LogP contribution in [0.15, 0.2) is 60.7 Å². The summed E-state index contributed by atoms with van der Waals surface area (Å²) in [7, 11) is -7.20. The zero-order chi connectivity index (χ0) is 17.0. The first-order valence-electron chi connectivity index (χ1n) is 7.42. The molecule has 3 rings (SSSR count). The Morgan fingerprint density at radius 2 is 1.38 bits per heavy atom. The van der Waals surface area contributed by atoms with Gasteiger partial charge in [-0.15, -0.1) is 0 Å². The second-order valence-corrected chi connectivity index (χ2v) is 9.09. The molecule has 0 aliphatic carbocycles. The Bertz CT molecular complexity index is 777. The molecule has 1 fully saturated rings. The largest absolute Gasteiger partial charge is 0.587 e. The van der Waals surface area contributed by atoms with Gasteiger partial charge in [0.2, 0.25) is 0 Å². The van der Waals surface area contributed by atoms with E-state index in [0.717, 1.165) is 0 Å². The number of phosphoric acid groups is 1. The van der Waals surface area contributed by atoms with E-state index in [-0.39, 0.29) is 17.9 Å². The molecule has 0 radical (unpaired) electrons. The maximum absolute atomic E-state index is 13.1. The monoisotopic (exact) mass is 368 g/mol. The van der Waals surface area contributed by atoms with Crippen LogP contribution in [-0.4, -0.2) is 26.0 Å². The topological polar surface area (TPSA) is 78.9 Å². The number of rotatable bonds is 6. The SMILES string of the molecule is O=P(Oc1ccccc1)(Oc1ccccc1)O[C@@H]1CCS(=O)(=O)C1. The van der Waals surface area contributed by atoms with Gasteiger partial charge < -0.3 is 9.05 Å². The Balaban J connectivity index is 1.81. The molecule has 2 aromatic carbocycles.